The predicted octanol–water partition coefficient (Wildman–Crippen LogP) is 3.89. The Labute approximate surface area is 115 Å². The van der Waals surface area contributed by atoms with E-state index in [1.54, 1.807) is 0 Å². The predicted molar refractivity (Wildman–Crippen MR) is 81.8 cm³/mol. The van der Waals surface area contributed by atoms with Gasteiger partial charge in [-0.05, 0) is 56.0 Å². The number of nitrogens with one attached hydrogen (secondary N) is 1. The van der Waals surface area contributed by atoms with E-state index in [0.29, 0.717) is 6.04 Å². The first kappa shape index (κ1) is 13.3. The molecule has 3 heteroatoms. The number of hydrogen-bond donors (Lipinski definition) is 1. The first-order valence-electron chi connectivity index (χ1n) is 6.75. The molecule has 0 saturated heterocycles. The van der Waals surface area contributed by atoms with Gasteiger partial charge in [0.15, 0.2) is 5.11 Å². The molecule has 0 amide bonds. The topological polar surface area (TPSA) is 15.3 Å². The molecule has 2 nitrogen and oxygen atoms in total. The van der Waals surface area contributed by atoms with Gasteiger partial charge in [0.2, 0.25) is 0 Å². The fraction of sp³-hybridized carbons (Fsp3) is 0.533. The Balaban J connectivity index is 1.89. The van der Waals surface area contributed by atoms with Gasteiger partial charge in [-0.3, -0.25) is 0 Å². The molecule has 18 heavy (non-hydrogen) atoms. The van der Waals surface area contributed by atoms with Crippen molar-refractivity contribution in [2.24, 2.45) is 5.92 Å². The number of thiocarbonyl (C=S) groups is 1. The SMILES string of the molecule is CC1CCC(N(C)C(=S)Nc2ccccc2)CC1. The highest BCUT2D eigenvalue weighted by atomic mass is 32.1. The van der Waals surface area contributed by atoms with Gasteiger partial charge < -0.3 is 10.2 Å². The lowest BCUT2D eigenvalue weighted by Gasteiger charge is -2.35. The van der Waals surface area contributed by atoms with Gasteiger partial charge in [0.05, 0.1) is 0 Å². The molecular weight excluding hydrogens is 240 g/mol. The lowest BCUT2D eigenvalue weighted by molar-refractivity contribution is 0.241. The molecule has 0 unspecified atom stereocenters. The van der Waals surface area contributed by atoms with Crippen LogP contribution in [0.5, 0.6) is 0 Å². The highest BCUT2D eigenvalue weighted by molar-refractivity contribution is 7.80. The third-order valence-electron chi connectivity index (χ3n) is 3.88. The second kappa shape index (κ2) is 6.19. The molecule has 2 rings (SSSR count). The molecular formula is C15H22N2S. The van der Waals surface area contributed by atoms with Crippen LogP contribution in [0.2, 0.25) is 0 Å². The summed E-state index contributed by atoms with van der Waals surface area (Å²) in [7, 11) is 2.11. The molecule has 1 saturated carbocycles. The molecule has 1 aliphatic rings. The van der Waals surface area contributed by atoms with Crippen molar-refractivity contribution < 1.29 is 0 Å². The molecule has 0 aromatic heterocycles. The molecule has 1 aromatic carbocycles. The Kier molecular flexibility index (Phi) is 4.59. The maximum absolute atomic E-state index is 5.48. The fourth-order valence-corrected chi connectivity index (χ4v) is 2.80. The maximum atomic E-state index is 5.48. The summed E-state index contributed by atoms with van der Waals surface area (Å²) in [6.45, 7) is 2.34. The highest BCUT2D eigenvalue weighted by Crippen LogP contribution is 2.26. The Morgan fingerprint density at radius 3 is 2.39 bits per heavy atom. The zero-order valence-corrected chi connectivity index (χ0v) is 12.0. The van der Waals surface area contributed by atoms with Gasteiger partial charge in [0, 0.05) is 18.8 Å². The third-order valence-corrected chi connectivity index (χ3v) is 4.27. The zero-order chi connectivity index (χ0) is 13.0. The average Bonchev–Trinajstić information content (AvgIpc) is 2.40. The summed E-state index contributed by atoms with van der Waals surface area (Å²) in [5, 5.41) is 4.14. The van der Waals surface area contributed by atoms with Crippen LogP contribution in [0.3, 0.4) is 0 Å². The van der Waals surface area contributed by atoms with Crippen molar-refractivity contribution in [2.75, 3.05) is 12.4 Å². The minimum absolute atomic E-state index is 0.602. The monoisotopic (exact) mass is 262 g/mol. The highest BCUT2D eigenvalue weighted by Gasteiger charge is 2.23. The summed E-state index contributed by atoms with van der Waals surface area (Å²) < 4.78 is 0. The molecule has 0 bridgehead atoms. The van der Waals surface area contributed by atoms with E-state index in [0.717, 1.165) is 16.7 Å². The number of anilines is 1. The van der Waals surface area contributed by atoms with Gasteiger partial charge in [-0.15, -0.1) is 0 Å². The van der Waals surface area contributed by atoms with Crippen LogP contribution in [0, 0.1) is 5.92 Å². The van der Waals surface area contributed by atoms with Crippen molar-refractivity contribution in [3.05, 3.63) is 30.3 Å². The molecule has 0 heterocycles. The van der Waals surface area contributed by atoms with Crippen molar-refractivity contribution in [1.82, 2.24) is 4.90 Å². The molecule has 98 valence electrons. The van der Waals surface area contributed by atoms with Gasteiger partial charge >= 0.3 is 0 Å². The number of hydrogen-bond acceptors (Lipinski definition) is 1. The molecule has 1 N–H and O–H groups in total. The smallest absolute Gasteiger partial charge is 0.173 e. The molecule has 0 radical (unpaired) electrons. The molecule has 0 atom stereocenters. The molecule has 1 aliphatic carbocycles. The van der Waals surface area contributed by atoms with E-state index >= 15 is 0 Å². The van der Waals surface area contributed by atoms with Crippen molar-refractivity contribution >= 4 is 23.0 Å². The Bertz CT molecular complexity index is 383. The summed E-state index contributed by atoms with van der Waals surface area (Å²) in [5.74, 6) is 0.880. The first-order valence-corrected chi connectivity index (χ1v) is 7.16. The van der Waals surface area contributed by atoms with Gasteiger partial charge in [0.25, 0.3) is 0 Å². The second-order valence-electron chi connectivity index (χ2n) is 5.32. The fourth-order valence-electron chi connectivity index (χ4n) is 2.53. The van der Waals surface area contributed by atoms with E-state index in [-0.39, 0.29) is 0 Å². The Hall–Kier alpha value is -1.09. The number of rotatable bonds is 2. The van der Waals surface area contributed by atoms with Crippen LogP contribution in [0.25, 0.3) is 0 Å². The van der Waals surface area contributed by atoms with Crippen molar-refractivity contribution in [3.8, 4) is 0 Å². The summed E-state index contributed by atoms with van der Waals surface area (Å²) >= 11 is 5.48. The van der Waals surface area contributed by atoms with Crippen LogP contribution >= 0.6 is 12.2 Å². The first-order chi connectivity index (χ1) is 8.66. The van der Waals surface area contributed by atoms with Crippen LogP contribution in [0.4, 0.5) is 5.69 Å². The van der Waals surface area contributed by atoms with Crippen LogP contribution in [-0.4, -0.2) is 23.1 Å². The number of benzene rings is 1. The van der Waals surface area contributed by atoms with E-state index in [1.807, 2.05) is 30.3 Å². The normalized spacial score (nSPS) is 23.4. The van der Waals surface area contributed by atoms with Crippen molar-refractivity contribution in [1.29, 1.82) is 0 Å². The van der Waals surface area contributed by atoms with Crippen LogP contribution in [-0.2, 0) is 0 Å². The van der Waals surface area contributed by atoms with Crippen LogP contribution in [0.15, 0.2) is 30.3 Å². The molecule has 0 aliphatic heterocycles. The molecule has 0 spiro atoms. The summed E-state index contributed by atoms with van der Waals surface area (Å²) in [5.41, 5.74) is 1.07. The number of nitrogens with zero attached hydrogens (tertiary/aromatic N) is 1. The summed E-state index contributed by atoms with van der Waals surface area (Å²) in [6.07, 6.45) is 5.16. The zero-order valence-electron chi connectivity index (χ0n) is 11.2. The number of para-hydroxylation sites is 1. The lowest BCUT2D eigenvalue weighted by Crippen LogP contribution is -2.41. The van der Waals surface area contributed by atoms with Gasteiger partial charge in [0.1, 0.15) is 0 Å². The summed E-state index contributed by atoms with van der Waals surface area (Å²) in [4.78, 5) is 2.23. The van der Waals surface area contributed by atoms with Crippen LogP contribution < -0.4 is 5.32 Å². The molecule has 1 aromatic rings. The van der Waals surface area contributed by atoms with Gasteiger partial charge in [-0.25, -0.2) is 0 Å². The largest absolute Gasteiger partial charge is 0.349 e. The van der Waals surface area contributed by atoms with Crippen molar-refractivity contribution in [3.63, 3.8) is 0 Å². The third kappa shape index (κ3) is 3.45. The van der Waals surface area contributed by atoms with Gasteiger partial charge in [-0.1, -0.05) is 25.1 Å². The van der Waals surface area contributed by atoms with Crippen LogP contribution in [0.1, 0.15) is 32.6 Å². The average molecular weight is 262 g/mol. The minimum Gasteiger partial charge on any atom is -0.349 e. The quantitative estimate of drug-likeness (QED) is 0.814. The van der Waals surface area contributed by atoms with Crippen molar-refractivity contribution in [2.45, 2.75) is 38.6 Å². The Morgan fingerprint density at radius 2 is 1.78 bits per heavy atom. The van der Waals surface area contributed by atoms with E-state index in [9.17, 15) is 0 Å². The summed E-state index contributed by atoms with van der Waals surface area (Å²) in [6, 6.07) is 10.7. The van der Waals surface area contributed by atoms with E-state index in [1.165, 1.54) is 25.7 Å². The van der Waals surface area contributed by atoms with E-state index in [4.69, 9.17) is 12.2 Å². The standard InChI is InChI=1S/C15H22N2S/c1-12-8-10-14(11-9-12)17(2)15(18)16-13-6-4-3-5-7-13/h3-7,12,14H,8-11H2,1-2H3,(H,16,18). The van der Waals surface area contributed by atoms with E-state index < -0.39 is 0 Å². The van der Waals surface area contributed by atoms with Gasteiger partial charge in [-0.2, -0.15) is 0 Å². The Morgan fingerprint density at radius 1 is 1.17 bits per heavy atom. The minimum atomic E-state index is 0.602. The second-order valence-corrected chi connectivity index (χ2v) is 5.71. The van der Waals surface area contributed by atoms with E-state index in [2.05, 4.69) is 24.2 Å². The molecule has 1 fully saturated rings. The maximum Gasteiger partial charge on any atom is 0.173 e. The lowest BCUT2D eigenvalue weighted by atomic mass is 9.87.